The van der Waals surface area contributed by atoms with Crippen LogP contribution in [0.1, 0.15) is 49.7 Å². The van der Waals surface area contributed by atoms with Gasteiger partial charge < -0.3 is 4.74 Å². The van der Waals surface area contributed by atoms with Gasteiger partial charge in [0.05, 0.1) is 5.41 Å². The normalized spacial score (nSPS) is 31.9. The first kappa shape index (κ1) is 13.3. The summed E-state index contributed by atoms with van der Waals surface area (Å²) in [6.07, 6.45) is 4.86. The lowest BCUT2D eigenvalue weighted by atomic mass is 9.60. The van der Waals surface area contributed by atoms with Gasteiger partial charge in [-0.15, -0.1) is 0 Å². The molecule has 20 heavy (non-hydrogen) atoms. The number of carbonyl (C=O) groups is 2. The Labute approximate surface area is 119 Å². The molecule has 3 atom stereocenters. The number of esters is 1. The molecule has 1 saturated carbocycles. The molecule has 2 aliphatic carbocycles. The van der Waals surface area contributed by atoms with Crippen LogP contribution < -0.4 is 0 Å². The summed E-state index contributed by atoms with van der Waals surface area (Å²) in [5.74, 6) is 0.740. The predicted octanol–water partition coefficient (Wildman–Crippen LogP) is 3.22. The molecule has 0 amide bonds. The summed E-state index contributed by atoms with van der Waals surface area (Å²) in [6.45, 7) is 2.20. The fourth-order valence-corrected chi connectivity index (χ4v) is 4.08. The van der Waals surface area contributed by atoms with Crippen molar-refractivity contribution in [3.8, 4) is 0 Å². The van der Waals surface area contributed by atoms with Crippen LogP contribution in [0.5, 0.6) is 0 Å². The molecule has 106 valence electrons. The number of ether oxygens (including phenoxy) is 1. The van der Waals surface area contributed by atoms with E-state index in [2.05, 4.69) is 29.0 Å². The van der Waals surface area contributed by atoms with Gasteiger partial charge in [-0.2, -0.15) is 0 Å². The third kappa shape index (κ3) is 2.15. The van der Waals surface area contributed by atoms with E-state index in [0.717, 1.165) is 32.1 Å². The number of hydrogen-bond acceptors (Lipinski definition) is 3. The number of carbonyl (C=O) groups excluding carboxylic acids is 2. The third-order valence-electron chi connectivity index (χ3n) is 5.18. The van der Waals surface area contributed by atoms with Gasteiger partial charge in [0, 0.05) is 0 Å². The van der Waals surface area contributed by atoms with E-state index < -0.39 is 5.41 Å². The number of aryl methyl sites for hydroxylation is 1. The Balaban J connectivity index is 1.82. The van der Waals surface area contributed by atoms with Crippen LogP contribution in [0, 0.1) is 11.3 Å². The van der Waals surface area contributed by atoms with Crippen molar-refractivity contribution in [1.82, 2.24) is 0 Å². The molecule has 0 aliphatic heterocycles. The molecule has 3 heteroatoms. The Kier molecular flexibility index (Phi) is 3.36. The second kappa shape index (κ2) is 5.04. The van der Waals surface area contributed by atoms with E-state index in [1.807, 2.05) is 6.92 Å². The van der Waals surface area contributed by atoms with E-state index in [4.69, 9.17) is 0 Å². The van der Waals surface area contributed by atoms with E-state index in [-0.39, 0.29) is 12.4 Å². The van der Waals surface area contributed by atoms with Crippen LogP contribution in [0.4, 0.5) is 0 Å². The SMILES string of the molecule is CC1(C(=O)OC=O)CCC2c3ccccc3CCC2C1. The minimum atomic E-state index is -0.492. The number of fused-ring (bicyclic) bond motifs is 3. The quantitative estimate of drug-likeness (QED) is 0.471. The van der Waals surface area contributed by atoms with Crippen LogP contribution in [0.25, 0.3) is 0 Å². The first-order chi connectivity index (χ1) is 9.64. The van der Waals surface area contributed by atoms with Crippen molar-refractivity contribution in [2.45, 2.75) is 44.9 Å². The van der Waals surface area contributed by atoms with Crippen molar-refractivity contribution in [2.24, 2.45) is 11.3 Å². The Morgan fingerprint density at radius 2 is 2.15 bits per heavy atom. The molecule has 0 bridgehead atoms. The number of benzene rings is 1. The minimum Gasteiger partial charge on any atom is -0.395 e. The van der Waals surface area contributed by atoms with Crippen molar-refractivity contribution >= 4 is 12.4 Å². The van der Waals surface area contributed by atoms with E-state index in [0.29, 0.717) is 11.8 Å². The van der Waals surface area contributed by atoms with Crippen LogP contribution in [0.3, 0.4) is 0 Å². The van der Waals surface area contributed by atoms with Gasteiger partial charge >= 0.3 is 12.4 Å². The monoisotopic (exact) mass is 272 g/mol. The lowest BCUT2D eigenvalue weighted by Crippen LogP contribution is -2.39. The average Bonchev–Trinajstić information content (AvgIpc) is 2.47. The molecule has 1 aromatic carbocycles. The third-order valence-corrected chi connectivity index (χ3v) is 5.18. The van der Waals surface area contributed by atoms with E-state index in [1.165, 1.54) is 11.1 Å². The Hall–Kier alpha value is -1.64. The van der Waals surface area contributed by atoms with Crippen molar-refractivity contribution in [2.75, 3.05) is 0 Å². The molecule has 1 fully saturated rings. The van der Waals surface area contributed by atoms with Crippen molar-refractivity contribution in [3.63, 3.8) is 0 Å². The minimum absolute atomic E-state index is 0.260. The molecule has 0 N–H and O–H groups in total. The largest absolute Gasteiger partial charge is 0.395 e. The van der Waals surface area contributed by atoms with Gasteiger partial charge in [0.15, 0.2) is 0 Å². The standard InChI is InChI=1S/C17H20O3/c1-17(16(19)20-11-18)9-8-15-13(10-17)7-6-12-4-2-3-5-14(12)15/h2-5,11,13,15H,6-10H2,1H3. The summed E-state index contributed by atoms with van der Waals surface area (Å²) in [6, 6.07) is 8.67. The molecule has 3 unspecified atom stereocenters. The van der Waals surface area contributed by atoms with Gasteiger partial charge in [-0.3, -0.25) is 9.59 Å². The highest BCUT2D eigenvalue weighted by Crippen LogP contribution is 2.51. The zero-order chi connectivity index (χ0) is 14.2. The zero-order valence-electron chi connectivity index (χ0n) is 11.8. The maximum atomic E-state index is 12.0. The maximum absolute atomic E-state index is 12.0. The summed E-state index contributed by atoms with van der Waals surface area (Å²) in [5, 5.41) is 0. The first-order valence-corrected chi connectivity index (χ1v) is 7.36. The van der Waals surface area contributed by atoms with E-state index >= 15 is 0 Å². The van der Waals surface area contributed by atoms with Gasteiger partial charge in [-0.1, -0.05) is 24.3 Å². The van der Waals surface area contributed by atoms with Crippen LogP contribution in [-0.4, -0.2) is 12.4 Å². The van der Waals surface area contributed by atoms with Crippen molar-refractivity contribution in [3.05, 3.63) is 35.4 Å². The first-order valence-electron chi connectivity index (χ1n) is 7.36. The number of rotatable bonds is 2. The number of hydrogen-bond donors (Lipinski definition) is 0. The predicted molar refractivity (Wildman–Crippen MR) is 75.1 cm³/mol. The summed E-state index contributed by atoms with van der Waals surface area (Å²) >= 11 is 0. The van der Waals surface area contributed by atoms with Crippen LogP contribution in [-0.2, 0) is 20.7 Å². The molecule has 3 rings (SSSR count). The lowest BCUT2D eigenvalue weighted by Gasteiger charge is -2.44. The van der Waals surface area contributed by atoms with Crippen LogP contribution in [0.2, 0.25) is 0 Å². The lowest BCUT2D eigenvalue weighted by molar-refractivity contribution is -0.162. The van der Waals surface area contributed by atoms with Gasteiger partial charge in [0.1, 0.15) is 0 Å². The molecule has 0 radical (unpaired) electrons. The molecule has 0 aromatic heterocycles. The second-order valence-electron chi connectivity index (χ2n) is 6.41. The van der Waals surface area contributed by atoms with Gasteiger partial charge in [0.2, 0.25) is 0 Å². The highest BCUT2D eigenvalue weighted by Gasteiger charge is 2.45. The van der Waals surface area contributed by atoms with Crippen molar-refractivity contribution in [1.29, 1.82) is 0 Å². The van der Waals surface area contributed by atoms with E-state index in [1.54, 1.807) is 0 Å². The smallest absolute Gasteiger partial charge is 0.319 e. The molecular formula is C17H20O3. The van der Waals surface area contributed by atoms with Gasteiger partial charge in [0.25, 0.3) is 0 Å². The molecule has 1 aromatic rings. The molecule has 0 saturated heterocycles. The highest BCUT2D eigenvalue weighted by atomic mass is 16.6. The molecular weight excluding hydrogens is 252 g/mol. The summed E-state index contributed by atoms with van der Waals surface area (Å²) in [7, 11) is 0. The van der Waals surface area contributed by atoms with Crippen LogP contribution >= 0.6 is 0 Å². The van der Waals surface area contributed by atoms with E-state index in [9.17, 15) is 9.59 Å². The molecule has 0 heterocycles. The van der Waals surface area contributed by atoms with Gasteiger partial charge in [-0.05, 0) is 62.0 Å². The summed E-state index contributed by atoms with van der Waals surface area (Å²) in [5.41, 5.74) is 2.44. The fraction of sp³-hybridized carbons (Fsp3) is 0.529. The molecule has 2 aliphatic rings. The summed E-state index contributed by atoms with van der Waals surface area (Å²) in [4.78, 5) is 22.4. The maximum Gasteiger partial charge on any atom is 0.319 e. The van der Waals surface area contributed by atoms with Crippen molar-refractivity contribution < 1.29 is 14.3 Å². The molecule has 3 nitrogen and oxygen atoms in total. The fourth-order valence-electron chi connectivity index (χ4n) is 4.08. The highest BCUT2D eigenvalue weighted by molar-refractivity contribution is 5.82. The topological polar surface area (TPSA) is 43.4 Å². The second-order valence-corrected chi connectivity index (χ2v) is 6.41. The summed E-state index contributed by atoms with van der Waals surface area (Å²) < 4.78 is 4.61. The average molecular weight is 272 g/mol. The van der Waals surface area contributed by atoms with Gasteiger partial charge in [-0.25, -0.2) is 0 Å². The Bertz CT molecular complexity index is 537. The Morgan fingerprint density at radius 3 is 2.95 bits per heavy atom. The Morgan fingerprint density at radius 1 is 1.35 bits per heavy atom. The molecule has 0 spiro atoms. The van der Waals surface area contributed by atoms with Crippen LogP contribution in [0.15, 0.2) is 24.3 Å². The zero-order valence-corrected chi connectivity index (χ0v) is 11.8.